The van der Waals surface area contributed by atoms with E-state index >= 15 is 0 Å². The van der Waals surface area contributed by atoms with Crippen LogP contribution in [0.15, 0.2) is 0 Å². The molecule has 1 aliphatic rings. The predicted octanol–water partition coefficient (Wildman–Crippen LogP) is -0.964. The van der Waals surface area contributed by atoms with Crippen LogP contribution in [0.1, 0.15) is 0 Å². The van der Waals surface area contributed by atoms with Gasteiger partial charge in [-0.05, 0) is 0 Å². The fourth-order valence-electron chi connectivity index (χ4n) is 1.44. The zero-order chi connectivity index (χ0) is 11.1. The number of aliphatic hydroxyl groups is 1. The summed E-state index contributed by atoms with van der Waals surface area (Å²) in [5.41, 5.74) is 0. The van der Waals surface area contributed by atoms with E-state index in [-0.39, 0.29) is 18.7 Å². The van der Waals surface area contributed by atoms with Crippen molar-refractivity contribution in [2.75, 3.05) is 46.6 Å². The zero-order valence-electron chi connectivity index (χ0n) is 8.94. The largest absolute Gasteiger partial charge is 0.394 e. The second-order valence-electron chi connectivity index (χ2n) is 3.33. The van der Waals surface area contributed by atoms with E-state index in [1.807, 2.05) is 0 Å². The van der Waals surface area contributed by atoms with Crippen molar-refractivity contribution in [1.29, 1.82) is 0 Å². The number of ether oxygens (including phenoxy) is 2. The smallest absolute Gasteiger partial charge is 0.317 e. The fraction of sp³-hybridized carbons (Fsp3) is 0.889. The number of hydrogen-bond donors (Lipinski definition) is 2. The second kappa shape index (κ2) is 6.60. The minimum absolute atomic E-state index is 0.0717. The molecule has 0 radical (unpaired) electrons. The molecule has 15 heavy (non-hydrogen) atoms. The number of nitrogens with zero attached hydrogens (tertiary/aromatic N) is 1. The van der Waals surface area contributed by atoms with Gasteiger partial charge in [0.25, 0.3) is 0 Å². The van der Waals surface area contributed by atoms with Crippen molar-refractivity contribution in [3.05, 3.63) is 0 Å². The SMILES string of the molecule is COCCNC(=O)N1CCOCC1CO. The number of urea groups is 1. The van der Waals surface area contributed by atoms with Crippen LogP contribution in [0, 0.1) is 0 Å². The summed E-state index contributed by atoms with van der Waals surface area (Å²) in [6.45, 7) is 2.33. The lowest BCUT2D eigenvalue weighted by atomic mass is 10.2. The molecule has 1 atom stereocenters. The number of morpholine rings is 1. The van der Waals surface area contributed by atoms with Crippen LogP contribution in [0.4, 0.5) is 4.79 Å². The summed E-state index contributed by atoms with van der Waals surface area (Å²) < 4.78 is 10.00. The molecule has 1 unspecified atom stereocenters. The van der Waals surface area contributed by atoms with Gasteiger partial charge in [-0.3, -0.25) is 0 Å². The Morgan fingerprint density at radius 3 is 3.20 bits per heavy atom. The molecule has 6 nitrogen and oxygen atoms in total. The summed E-state index contributed by atoms with van der Waals surface area (Å²) in [6.07, 6.45) is 0. The molecule has 0 aliphatic carbocycles. The van der Waals surface area contributed by atoms with Crippen molar-refractivity contribution in [2.24, 2.45) is 0 Å². The lowest BCUT2D eigenvalue weighted by molar-refractivity contribution is -0.00780. The van der Waals surface area contributed by atoms with Crippen molar-refractivity contribution in [3.8, 4) is 0 Å². The average Bonchev–Trinajstić information content (AvgIpc) is 2.29. The molecule has 1 fully saturated rings. The van der Waals surface area contributed by atoms with E-state index < -0.39 is 0 Å². The standard InChI is InChI=1S/C9H18N2O4/c1-14-4-2-10-9(13)11-3-5-15-7-8(11)6-12/h8,12H,2-7H2,1H3,(H,10,13). The molecule has 0 aromatic heterocycles. The molecular weight excluding hydrogens is 200 g/mol. The first-order valence-electron chi connectivity index (χ1n) is 5.01. The van der Waals surface area contributed by atoms with E-state index in [2.05, 4.69) is 5.32 Å². The van der Waals surface area contributed by atoms with Crippen LogP contribution >= 0.6 is 0 Å². The summed E-state index contributed by atoms with van der Waals surface area (Å²) in [6, 6.07) is -0.407. The molecule has 1 rings (SSSR count). The van der Waals surface area contributed by atoms with Gasteiger partial charge in [0.2, 0.25) is 0 Å². The van der Waals surface area contributed by atoms with Gasteiger partial charge in [0.1, 0.15) is 0 Å². The summed E-state index contributed by atoms with van der Waals surface area (Å²) in [5.74, 6) is 0. The molecule has 0 saturated carbocycles. The lowest BCUT2D eigenvalue weighted by Gasteiger charge is -2.34. The molecule has 2 N–H and O–H groups in total. The highest BCUT2D eigenvalue weighted by molar-refractivity contribution is 5.74. The van der Waals surface area contributed by atoms with Gasteiger partial charge in [0.15, 0.2) is 0 Å². The van der Waals surface area contributed by atoms with Crippen LogP contribution in [0.3, 0.4) is 0 Å². The Labute approximate surface area is 89.1 Å². The highest BCUT2D eigenvalue weighted by atomic mass is 16.5. The summed E-state index contributed by atoms with van der Waals surface area (Å²) in [4.78, 5) is 13.2. The minimum Gasteiger partial charge on any atom is -0.394 e. The topological polar surface area (TPSA) is 71.0 Å². The van der Waals surface area contributed by atoms with Crippen LogP contribution in [0.2, 0.25) is 0 Å². The average molecular weight is 218 g/mol. The molecule has 6 heteroatoms. The Bertz CT molecular complexity index is 201. The molecule has 0 bridgehead atoms. The Morgan fingerprint density at radius 1 is 1.73 bits per heavy atom. The first-order valence-corrected chi connectivity index (χ1v) is 5.01. The number of amides is 2. The molecule has 88 valence electrons. The van der Waals surface area contributed by atoms with E-state index in [9.17, 15) is 4.79 Å². The molecule has 1 heterocycles. The Hall–Kier alpha value is -0.850. The van der Waals surface area contributed by atoms with Gasteiger partial charge in [-0.2, -0.15) is 0 Å². The van der Waals surface area contributed by atoms with E-state index in [1.54, 1.807) is 12.0 Å². The van der Waals surface area contributed by atoms with E-state index in [1.165, 1.54) is 0 Å². The number of methoxy groups -OCH3 is 1. The van der Waals surface area contributed by atoms with Gasteiger partial charge in [-0.15, -0.1) is 0 Å². The molecule has 0 aromatic rings. The summed E-state index contributed by atoms with van der Waals surface area (Å²) in [7, 11) is 1.58. The second-order valence-corrected chi connectivity index (χ2v) is 3.33. The van der Waals surface area contributed by atoms with Crippen molar-refractivity contribution in [3.63, 3.8) is 0 Å². The van der Waals surface area contributed by atoms with Gasteiger partial charge >= 0.3 is 6.03 Å². The molecule has 0 spiro atoms. The first kappa shape index (κ1) is 12.2. The van der Waals surface area contributed by atoms with Crippen LogP contribution < -0.4 is 5.32 Å². The summed E-state index contributed by atoms with van der Waals surface area (Å²) in [5, 5.41) is 11.8. The molecule has 0 aromatic carbocycles. The van der Waals surface area contributed by atoms with Gasteiger partial charge in [-0.25, -0.2) is 4.79 Å². The van der Waals surface area contributed by atoms with Crippen LogP contribution in [0.25, 0.3) is 0 Å². The van der Waals surface area contributed by atoms with Crippen molar-refractivity contribution in [1.82, 2.24) is 10.2 Å². The Kier molecular flexibility index (Phi) is 5.38. The van der Waals surface area contributed by atoms with E-state index in [0.29, 0.717) is 32.9 Å². The van der Waals surface area contributed by atoms with Gasteiger partial charge < -0.3 is 24.8 Å². The number of aliphatic hydroxyl groups excluding tert-OH is 1. The van der Waals surface area contributed by atoms with Gasteiger partial charge in [0.05, 0.1) is 32.5 Å². The number of carbonyl (C=O) groups excluding carboxylic acids is 1. The highest BCUT2D eigenvalue weighted by Gasteiger charge is 2.26. The molecule has 1 aliphatic heterocycles. The molecular formula is C9H18N2O4. The third-order valence-corrected chi connectivity index (χ3v) is 2.28. The number of rotatable bonds is 4. The third kappa shape index (κ3) is 3.65. The minimum atomic E-state index is -0.235. The Balaban J connectivity index is 2.34. The monoisotopic (exact) mass is 218 g/mol. The number of carbonyl (C=O) groups is 1. The van der Waals surface area contributed by atoms with Crippen molar-refractivity contribution >= 4 is 6.03 Å². The van der Waals surface area contributed by atoms with Crippen LogP contribution in [0.5, 0.6) is 0 Å². The van der Waals surface area contributed by atoms with Crippen molar-refractivity contribution < 1.29 is 19.4 Å². The molecule has 1 saturated heterocycles. The first-order chi connectivity index (χ1) is 7.29. The normalized spacial score (nSPS) is 21.5. The lowest BCUT2D eigenvalue weighted by Crippen LogP contribution is -2.54. The maximum absolute atomic E-state index is 11.6. The molecule has 2 amide bonds. The van der Waals surface area contributed by atoms with Crippen molar-refractivity contribution in [2.45, 2.75) is 6.04 Å². The van der Waals surface area contributed by atoms with Crippen LogP contribution in [-0.2, 0) is 9.47 Å². The third-order valence-electron chi connectivity index (χ3n) is 2.28. The maximum Gasteiger partial charge on any atom is 0.317 e. The van der Waals surface area contributed by atoms with Gasteiger partial charge in [0, 0.05) is 20.2 Å². The van der Waals surface area contributed by atoms with E-state index in [4.69, 9.17) is 14.6 Å². The quantitative estimate of drug-likeness (QED) is 0.596. The number of nitrogens with one attached hydrogen (secondary N) is 1. The predicted molar refractivity (Wildman–Crippen MR) is 53.7 cm³/mol. The highest BCUT2D eigenvalue weighted by Crippen LogP contribution is 2.06. The van der Waals surface area contributed by atoms with E-state index in [0.717, 1.165) is 0 Å². The Morgan fingerprint density at radius 2 is 2.53 bits per heavy atom. The number of hydrogen-bond acceptors (Lipinski definition) is 4. The fourth-order valence-corrected chi connectivity index (χ4v) is 1.44. The van der Waals surface area contributed by atoms with Gasteiger partial charge in [-0.1, -0.05) is 0 Å². The zero-order valence-corrected chi connectivity index (χ0v) is 8.94. The summed E-state index contributed by atoms with van der Waals surface area (Å²) >= 11 is 0. The maximum atomic E-state index is 11.6. The van der Waals surface area contributed by atoms with Crippen LogP contribution in [-0.4, -0.2) is 68.7 Å².